The number of piperidine rings is 1. The molecule has 1 fully saturated rings. The number of esters is 1. The summed E-state index contributed by atoms with van der Waals surface area (Å²) in [5.41, 5.74) is 3.68. The molecule has 0 aliphatic carbocycles. The number of aromatic amines is 1. The Balaban J connectivity index is 1.29. The average Bonchev–Trinajstić information content (AvgIpc) is 3.63. The van der Waals surface area contributed by atoms with Crippen molar-refractivity contribution in [3.05, 3.63) is 83.7 Å². The maximum Gasteiger partial charge on any atom is 0.310 e. The number of carbonyl (C=O) groups excluding carboxylic acids is 2. The number of hydrogen-bond acceptors (Lipinski definition) is 7. The lowest BCUT2D eigenvalue weighted by Gasteiger charge is -2.30. The Hall–Kier alpha value is -4.11. The van der Waals surface area contributed by atoms with E-state index in [-0.39, 0.29) is 23.5 Å². The molecule has 0 bridgehead atoms. The number of nitrogens with one attached hydrogen (secondary N) is 1. The highest BCUT2D eigenvalue weighted by atomic mass is 16.5. The zero-order chi connectivity index (χ0) is 27.9. The van der Waals surface area contributed by atoms with Gasteiger partial charge in [0.1, 0.15) is 12.0 Å². The van der Waals surface area contributed by atoms with Crippen LogP contribution >= 0.6 is 0 Å². The van der Waals surface area contributed by atoms with Crippen LogP contribution in [0.1, 0.15) is 47.3 Å². The van der Waals surface area contributed by atoms with Gasteiger partial charge in [-0.2, -0.15) is 0 Å². The fraction of sp³-hybridized carbons (Fsp3) is 0.387. The van der Waals surface area contributed by atoms with Crippen LogP contribution in [-0.2, 0) is 29.0 Å². The Morgan fingerprint density at radius 2 is 1.95 bits per heavy atom. The summed E-state index contributed by atoms with van der Waals surface area (Å²) < 4.78 is 16.6. The molecule has 0 unspecified atom stereocenters. The molecule has 5 rings (SSSR count). The summed E-state index contributed by atoms with van der Waals surface area (Å²) >= 11 is 0. The maximum absolute atomic E-state index is 13.2. The van der Waals surface area contributed by atoms with E-state index in [2.05, 4.69) is 45.3 Å². The van der Waals surface area contributed by atoms with E-state index in [4.69, 9.17) is 13.9 Å². The lowest BCUT2D eigenvalue weighted by atomic mass is 9.98. The van der Waals surface area contributed by atoms with Gasteiger partial charge in [-0.15, -0.1) is 0 Å². The van der Waals surface area contributed by atoms with E-state index in [9.17, 15) is 9.59 Å². The monoisotopic (exact) mass is 544 g/mol. The van der Waals surface area contributed by atoms with Gasteiger partial charge in [0.15, 0.2) is 5.69 Å². The summed E-state index contributed by atoms with van der Waals surface area (Å²) in [5, 5.41) is 1.21. The van der Waals surface area contributed by atoms with Crippen LogP contribution in [0.25, 0.3) is 10.9 Å². The number of H-pyrrole nitrogens is 1. The van der Waals surface area contributed by atoms with Gasteiger partial charge in [0.05, 0.1) is 26.2 Å². The topological polar surface area (TPSA) is 101 Å². The smallest absolute Gasteiger partial charge is 0.310 e. The van der Waals surface area contributed by atoms with Crippen LogP contribution < -0.4 is 4.74 Å². The molecule has 0 spiro atoms. The second-order valence-corrected chi connectivity index (χ2v) is 10.1. The van der Waals surface area contributed by atoms with Gasteiger partial charge in [-0.05, 0) is 43.9 Å². The van der Waals surface area contributed by atoms with Crippen LogP contribution in [0.4, 0.5) is 0 Å². The van der Waals surface area contributed by atoms with E-state index in [0.717, 1.165) is 42.6 Å². The van der Waals surface area contributed by atoms with Gasteiger partial charge in [0, 0.05) is 48.8 Å². The predicted octanol–water partition coefficient (Wildman–Crippen LogP) is 4.82. The largest absolute Gasteiger partial charge is 0.496 e. The van der Waals surface area contributed by atoms with Gasteiger partial charge in [0.2, 0.25) is 5.89 Å². The molecule has 9 nitrogen and oxygen atoms in total. The summed E-state index contributed by atoms with van der Waals surface area (Å²) in [6.07, 6.45) is 5.79. The van der Waals surface area contributed by atoms with Crippen LogP contribution in [0.15, 0.2) is 65.4 Å². The molecule has 1 N–H and O–H groups in total. The van der Waals surface area contributed by atoms with Gasteiger partial charge < -0.3 is 23.8 Å². The number of ether oxygens (including phenoxy) is 2. The summed E-state index contributed by atoms with van der Waals surface area (Å²) in [4.78, 5) is 37.3. The number of rotatable bonds is 11. The fourth-order valence-electron chi connectivity index (χ4n) is 5.35. The quantitative estimate of drug-likeness (QED) is 0.270. The van der Waals surface area contributed by atoms with Crippen molar-refractivity contribution in [1.29, 1.82) is 0 Å². The number of amides is 1. The highest BCUT2D eigenvalue weighted by molar-refractivity contribution is 5.92. The number of methoxy groups -OCH3 is 1. The number of para-hydroxylation sites is 2. The summed E-state index contributed by atoms with van der Waals surface area (Å²) in [6, 6.07) is 16.2. The molecule has 2 aromatic carbocycles. The molecule has 1 aliphatic rings. The Bertz CT molecular complexity index is 1440. The van der Waals surface area contributed by atoms with Crippen molar-refractivity contribution in [2.45, 2.75) is 39.3 Å². The molecule has 1 amide bonds. The van der Waals surface area contributed by atoms with Crippen molar-refractivity contribution >= 4 is 22.8 Å². The van der Waals surface area contributed by atoms with Gasteiger partial charge in [0.25, 0.3) is 5.91 Å². The molecule has 0 radical (unpaired) electrons. The lowest BCUT2D eigenvalue weighted by Crippen LogP contribution is -2.43. The van der Waals surface area contributed by atoms with Crippen molar-refractivity contribution in [3.63, 3.8) is 0 Å². The van der Waals surface area contributed by atoms with Gasteiger partial charge in [-0.1, -0.05) is 36.4 Å². The lowest BCUT2D eigenvalue weighted by molar-refractivity contribution is -0.149. The van der Waals surface area contributed by atoms with Crippen molar-refractivity contribution in [2.75, 3.05) is 33.4 Å². The first-order valence-electron chi connectivity index (χ1n) is 13.8. The molecule has 0 saturated carbocycles. The van der Waals surface area contributed by atoms with Crippen molar-refractivity contribution in [2.24, 2.45) is 5.92 Å². The normalized spacial score (nSPS) is 15.5. The molecular formula is C31H36N4O5. The first-order valence-corrected chi connectivity index (χ1v) is 13.8. The number of oxazole rings is 1. The summed E-state index contributed by atoms with van der Waals surface area (Å²) in [7, 11) is 1.67. The molecule has 1 atom stereocenters. The van der Waals surface area contributed by atoms with Crippen molar-refractivity contribution < 1.29 is 23.5 Å². The van der Waals surface area contributed by atoms with Crippen LogP contribution in [0, 0.1) is 5.92 Å². The van der Waals surface area contributed by atoms with Gasteiger partial charge >= 0.3 is 5.97 Å². The van der Waals surface area contributed by atoms with E-state index < -0.39 is 0 Å². The minimum atomic E-state index is -0.301. The molecule has 40 heavy (non-hydrogen) atoms. The van der Waals surface area contributed by atoms with Crippen LogP contribution in [0.5, 0.6) is 5.75 Å². The third-order valence-electron chi connectivity index (χ3n) is 7.42. The van der Waals surface area contributed by atoms with E-state index in [1.807, 2.05) is 24.3 Å². The second-order valence-electron chi connectivity index (χ2n) is 10.1. The van der Waals surface area contributed by atoms with Crippen molar-refractivity contribution in [1.82, 2.24) is 19.8 Å². The van der Waals surface area contributed by atoms with Crippen LogP contribution in [0.2, 0.25) is 0 Å². The molecule has 2 aromatic heterocycles. The number of fused-ring (bicyclic) bond motifs is 1. The van der Waals surface area contributed by atoms with Crippen LogP contribution in [0.3, 0.4) is 0 Å². The van der Waals surface area contributed by atoms with E-state index in [0.29, 0.717) is 38.7 Å². The molecule has 1 aliphatic heterocycles. The maximum atomic E-state index is 13.2. The number of carbonyl (C=O) groups is 2. The number of hydrogen-bond donors (Lipinski definition) is 1. The predicted molar refractivity (Wildman–Crippen MR) is 151 cm³/mol. The molecule has 9 heteroatoms. The van der Waals surface area contributed by atoms with E-state index in [1.165, 1.54) is 17.2 Å². The number of likely N-dealkylation sites (tertiary alicyclic amines) is 1. The first-order chi connectivity index (χ1) is 19.6. The minimum Gasteiger partial charge on any atom is -0.496 e. The number of nitrogens with zero attached hydrogens (tertiary/aromatic N) is 3. The van der Waals surface area contributed by atoms with E-state index in [1.54, 1.807) is 18.9 Å². The Labute approximate surface area is 234 Å². The standard InChI is InChI=1S/C31H36N4O5/c1-3-39-31(37)24-10-8-15-35(19-24)30(36)27-21-40-29(33-27)20-34(18-23-9-4-7-13-28(23)38-2)16-14-22-17-32-26-12-6-5-11-25(22)26/h4-7,9,11-13,17,21,24,32H,3,8,10,14-16,18-20H2,1-2H3/t24-/m0/s1. The summed E-state index contributed by atoms with van der Waals surface area (Å²) in [6.45, 7) is 4.86. The summed E-state index contributed by atoms with van der Waals surface area (Å²) in [5.74, 6) is 0.521. The zero-order valence-corrected chi connectivity index (χ0v) is 23.1. The van der Waals surface area contributed by atoms with E-state index >= 15 is 0 Å². The molecule has 210 valence electrons. The third-order valence-corrected chi connectivity index (χ3v) is 7.42. The van der Waals surface area contributed by atoms with Crippen molar-refractivity contribution in [3.8, 4) is 5.75 Å². The van der Waals surface area contributed by atoms with Gasteiger partial charge in [-0.3, -0.25) is 14.5 Å². The second kappa shape index (κ2) is 12.8. The number of benzene rings is 2. The third kappa shape index (κ3) is 6.37. The fourth-order valence-corrected chi connectivity index (χ4v) is 5.35. The average molecular weight is 545 g/mol. The highest BCUT2D eigenvalue weighted by Crippen LogP contribution is 2.24. The van der Waals surface area contributed by atoms with Gasteiger partial charge in [-0.25, -0.2) is 4.98 Å². The molecular weight excluding hydrogens is 508 g/mol. The zero-order valence-electron chi connectivity index (χ0n) is 23.1. The molecule has 3 heterocycles. The Morgan fingerprint density at radius 3 is 2.80 bits per heavy atom. The Morgan fingerprint density at radius 1 is 1.12 bits per heavy atom. The highest BCUT2D eigenvalue weighted by Gasteiger charge is 2.31. The van der Waals surface area contributed by atoms with Crippen LogP contribution in [-0.4, -0.2) is 65.0 Å². The number of aromatic nitrogens is 2. The molecule has 1 saturated heterocycles. The molecule has 4 aromatic rings. The first kappa shape index (κ1) is 27.5. The Kier molecular flexibility index (Phi) is 8.81. The minimum absolute atomic E-state index is 0.223. The SMILES string of the molecule is CCOC(=O)[C@H]1CCCN(C(=O)c2coc(CN(CCc3c[nH]c4ccccc34)Cc3ccccc3OC)n2)C1.